The fraction of sp³-hybridized carbons (Fsp3) is 0.647. The first-order valence-electron chi connectivity index (χ1n) is 7.95. The van der Waals surface area contributed by atoms with Crippen LogP contribution in [-0.4, -0.2) is 25.9 Å². The summed E-state index contributed by atoms with van der Waals surface area (Å²) in [7, 11) is 0. The van der Waals surface area contributed by atoms with Gasteiger partial charge >= 0.3 is 0 Å². The van der Waals surface area contributed by atoms with Gasteiger partial charge in [0.05, 0.1) is 12.7 Å². The molecule has 21 heavy (non-hydrogen) atoms. The summed E-state index contributed by atoms with van der Waals surface area (Å²) in [6.07, 6.45) is 4.88. The normalized spacial score (nSPS) is 18.1. The zero-order valence-electron chi connectivity index (χ0n) is 13.1. The Labute approximate surface area is 136 Å². The van der Waals surface area contributed by atoms with E-state index < -0.39 is 0 Å². The summed E-state index contributed by atoms with van der Waals surface area (Å²) in [5.41, 5.74) is 2.41. The highest BCUT2D eigenvalue weighted by atomic mass is 79.9. The Bertz CT molecular complexity index is 445. The first-order chi connectivity index (χ1) is 10.2. The van der Waals surface area contributed by atoms with Crippen molar-refractivity contribution in [1.29, 1.82) is 0 Å². The molecule has 1 fully saturated rings. The molecule has 1 N–H and O–H groups in total. The summed E-state index contributed by atoms with van der Waals surface area (Å²) in [6.45, 7) is 7.81. The Morgan fingerprint density at radius 3 is 3.00 bits per heavy atom. The highest BCUT2D eigenvalue weighted by Crippen LogP contribution is 2.28. The summed E-state index contributed by atoms with van der Waals surface area (Å²) in [4.78, 5) is 0. The lowest BCUT2D eigenvalue weighted by Crippen LogP contribution is -2.16. The van der Waals surface area contributed by atoms with Gasteiger partial charge in [-0.2, -0.15) is 0 Å². The van der Waals surface area contributed by atoms with Crippen molar-refractivity contribution in [1.82, 2.24) is 5.32 Å². The number of rotatable bonds is 8. The van der Waals surface area contributed by atoms with Crippen LogP contribution >= 0.6 is 15.9 Å². The molecule has 0 spiro atoms. The third kappa shape index (κ3) is 5.28. The van der Waals surface area contributed by atoms with E-state index in [1.54, 1.807) is 0 Å². The maximum absolute atomic E-state index is 6.07. The van der Waals surface area contributed by atoms with Crippen LogP contribution in [0.2, 0.25) is 0 Å². The zero-order chi connectivity index (χ0) is 15.1. The molecule has 1 aromatic carbocycles. The zero-order valence-corrected chi connectivity index (χ0v) is 14.7. The van der Waals surface area contributed by atoms with Gasteiger partial charge in [0, 0.05) is 29.6 Å². The Balaban J connectivity index is 1.94. The summed E-state index contributed by atoms with van der Waals surface area (Å²) in [5, 5.41) is 3.45. The molecule has 118 valence electrons. The molecule has 3 nitrogen and oxygen atoms in total. The lowest BCUT2D eigenvalue weighted by atomic mass is 10.1. The van der Waals surface area contributed by atoms with Crippen LogP contribution in [-0.2, 0) is 11.3 Å². The summed E-state index contributed by atoms with van der Waals surface area (Å²) in [5.74, 6) is 1.03. The third-order valence-electron chi connectivity index (χ3n) is 3.77. The van der Waals surface area contributed by atoms with Crippen molar-refractivity contribution < 1.29 is 9.47 Å². The molecule has 4 heteroatoms. The number of benzene rings is 1. The average molecular weight is 356 g/mol. The molecule has 0 amide bonds. The van der Waals surface area contributed by atoms with E-state index in [-0.39, 0.29) is 0 Å². The Hall–Kier alpha value is -0.580. The summed E-state index contributed by atoms with van der Waals surface area (Å²) >= 11 is 3.57. The van der Waals surface area contributed by atoms with E-state index in [4.69, 9.17) is 9.47 Å². The van der Waals surface area contributed by atoms with E-state index in [9.17, 15) is 0 Å². The smallest absolute Gasteiger partial charge is 0.126 e. The lowest BCUT2D eigenvalue weighted by molar-refractivity contribution is 0.0901. The maximum atomic E-state index is 6.07. The maximum Gasteiger partial charge on any atom is 0.126 e. The van der Waals surface area contributed by atoms with Crippen LogP contribution in [0.1, 0.15) is 43.7 Å². The van der Waals surface area contributed by atoms with Gasteiger partial charge in [0.2, 0.25) is 0 Å². The van der Waals surface area contributed by atoms with Gasteiger partial charge in [-0.25, -0.2) is 0 Å². The molecule has 1 atom stereocenters. The minimum Gasteiger partial charge on any atom is -0.493 e. The Morgan fingerprint density at radius 2 is 2.29 bits per heavy atom. The summed E-state index contributed by atoms with van der Waals surface area (Å²) in [6, 6.07) is 4.27. The molecular weight excluding hydrogens is 330 g/mol. The van der Waals surface area contributed by atoms with Crippen molar-refractivity contribution >= 4 is 15.9 Å². The molecule has 1 unspecified atom stereocenters. The van der Waals surface area contributed by atoms with Crippen LogP contribution in [0.4, 0.5) is 0 Å². The second kappa shape index (κ2) is 8.76. The molecular formula is C17H26BrNO2. The average Bonchev–Trinajstić information content (AvgIpc) is 2.95. The molecule has 0 bridgehead atoms. The van der Waals surface area contributed by atoms with Gasteiger partial charge in [0.1, 0.15) is 5.75 Å². The summed E-state index contributed by atoms with van der Waals surface area (Å²) < 4.78 is 12.8. The van der Waals surface area contributed by atoms with Crippen molar-refractivity contribution in [3.63, 3.8) is 0 Å². The fourth-order valence-corrected chi connectivity index (χ4v) is 3.32. The monoisotopic (exact) mass is 355 g/mol. The van der Waals surface area contributed by atoms with E-state index in [1.807, 2.05) is 0 Å². The second-order valence-electron chi connectivity index (χ2n) is 5.66. The van der Waals surface area contributed by atoms with Crippen LogP contribution < -0.4 is 10.1 Å². The van der Waals surface area contributed by atoms with E-state index in [0.717, 1.165) is 49.4 Å². The first-order valence-corrected chi connectivity index (χ1v) is 8.74. The van der Waals surface area contributed by atoms with Crippen molar-refractivity contribution in [2.45, 2.75) is 52.2 Å². The van der Waals surface area contributed by atoms with Crippen molar-refractivity contribution in [3.05, 3.63) is 27.7 Å². The van der Waals surface area contributed by atoms with Crippen molar-refractivity contribution in [2.75, 3.05) is 19.8 Å². The topological polar surface area (TPSA) is 30.5 Å². The molecule has 1 saturated heterocycles. The number of hydrogen-bond donors (Lipinski definition) is 1. The molecule has 0 aromatic heterocycles. The SMILES string of the molecule is CCCNCc1cc(Br)cc(C)c1OCCC1CCCO1. The molecule has 1 aliphatic heterocycles. The number of aryl methyl sites for hydroxylation is 1. The van der Waals surface area contributed by atoms with E-state index in [2.05, 4.69) is 47.2 Å². The van der Waals surface area contributed by atoms with Crippen LogP contribution in [0, 0.1) is 6.92 Å². The van der Waals surface area contributed by atoms with Gasteiger partial charge in [-0.1, -0.05) is 22.9 Å². The first kappa shape index (κ1) is 16.8. The van der Waals surface area contributed by atoms with Gasteiger partial charge in [-0.05, 0) is 50.4 Å². The highest BCUT2D eigenvalue weighted by Gasteiger charge is 2.16. The van der Waals surface area contributed by atoms with Gasteiger partial charge in [-0.15, -0.1) is 0 Å². The molecule has 2 rings (SSSR count). The Morgan fingerprint density at radius 1 is 1.43 bits per heavy atom. The molecule has 1 aromatic rings. The minimum absolute atomic E-state index is 0.391. The third-order valence-corrected chi connectivity index (χ3v) is 4.23. The minimum atomic E-state index is 0.391. The molecule has 1 heterocycles. The highest BCUT2D eigenvalue weighted by molar-refractivity contribution is 9.10. The second-order valence-corrected chi connectivity index (χ2v) is 6.58. The number of ether oxygens (including phenoxy) is 2. The van der Waals surface area contributed by atoms with Gasteiger partial charge < -0.3 is 14.8 Å². The predicted molar refractivity (Wildman–Crippen MR) is 90.0 cm³/mol. The standard InChI is InChI=1S/C17H26BrNO2/c1-3-7-19-12-14-11-15(18)10-13(2)17(14)21-9-6-16-5-4-8-20-16/h10-11,16,19H,3-9,12H2,1-2H3. The molecule has 0 saturated carbocycles. The van der Waals surface area contributed by atoms with Crippen molar-refractivity contribution in [3.8, 4) is 5.75 Å². The quantitative estimate of drug-likeness (QED) is 0.708. The van der Waals surface area contributed by atoms with Crippen LogP contribution in [0.25, 0.3) is 0 Å². The van der Waals surface area contributed by atoms with Crippen molar-refractivity contribution in [2.24, 2.45) is 0 Å². The van der Waals surface area contributed by atoms with Gasteiger partial charge in [0.15, 0.2) is 0 Å². The van der Waals surface area contributed by atoms with E-state index in [0.29, 0.717) is 6.10 Å². The lowest BCUT2D eigenvalue weighted by Gasteiger charge is -2.17. The molecule has 0 radical (unpaired) electrons. The van der Waals surface area contributed by atoms with Crippen LogP contribution in [0.3, 0.4) is 0 Å². The van der Waals surface area contributed by atoms with Gasteiger partial charge in [0.25, 0.3) is 0 Å². The largest absolute Gasteiger partial charge is 0.493 e. The van der Waals surface area contributed by atoms with E-state index >= 15 is 0 Å². The number of halogens is 1. The molecule has 1 aliphatic rings. The predicted octanol–water partition coefficient (Wildman–Crippen LogP) is 4.21. The van der Waals surface area contributed by atoms with Crippen LogP contribution in [0.15, 0.2) is 16.6 Å². The Kier molecular flexibility index (Phi) is 7.00. The fourth-order valence-electron chi connectivity index (χ4n) is 2.70. The van der Waals surface area contributed by atoms with E-state index in [1.165, 1.54) is 24.0 Å². The molecule has 0 aliphatic carbocycles. The number of hydrogen-bond acceptors (Lipinski definition) is 3. The van der Waals surface area contributed by atoms with Gasteiger partial charge in [-0.3, -0.25) is 0 Å². The number of nitrogens with one attached hydrogen (secondary N) is 1. The van der Waals surface area contributed by atoms with Crippen LogP contribution in [0.5, 0.6) is 5.75 Å².